The first-order valence-electron chi connectivity index (χ1n) is 11.9. The average Bonchev–Trinajstić information content (AvgIpc) is 3.34. The molecule has 2 amide bonds. The fourth-order valence-electron chi connectivity index (χ4n) is 5.02. The molecule has 33 heavy (non-hydrogen) atoms. The third kappa shape index (κ3) is 5.26. The number of nitrogens with one attached hydrogen (secondary N) is 3. The lowest BCUT2D eigenvalue weighted by Crippen LogP contribution is -2.66. The lowest BCUT2D eigenvalue weighted by atomic mass is 9.92. The number of aromatic nitrogens is 2. The quantitative estimate of drug-likeness (QED) is 0.598. The van der Waals surface area contributed by atoms with Crippen LogP contribution >= 0.6 is 0 Å². The second kappa shape index (κ2) is 10.0. The van der Waals surface area contributed by atoms with Gasteiger partial charge in [-0.15, -0.1) is 0 Å². The van der Waals surface area contributed by atoms with Gasteiger partial charge in [-0.25, -0.2) is 0 Å². The van der Waals surface area contributed by atoms with Gasteiger partial charge in [0.05, 0.1) is 44.0 Å². The summed E-state index contributed by atoms with van der Waals surface area (Å²) in [5.41, 5.74) is 2.31. The molecule has 9 heteroatoms. The van der Waals surface area contributed by atoms with Crippen molar-refractivity contribution in [1.82, 2.24) is 30.6 Å². The van der Waals surface area contributed by atoms with Crippen LogP contribution in [-0.4, -0.2) is 78.1 Å². The number of carbonyl (C=O) groups is 2. The van der Waals surface area contributed by atoms with Crippen LogP contribution in [0.1, 0.15) is 25.3 Å². The number of nitrogens with zero attached hydrogens (tertiary/aromatic N) is 3. The Morgan fingerprint density at radius 2 is 1.97 bits per heavy atom. The zero-order valence-corrected chi connectivity index (χ0v) is 18.8. The molecule has 1 aromatic heterocycles. The molecule has 3 unspecified atom stereocenters. The van der Waals surface area contributed by atoms with E-state index < -0.39 is 0 Å². The molecule has 3 N–H and O–H groups in total. The number of ether oxygens (including phenoxy) is 1. The molecule has 0 radical (unpaired) electrons. The summed E-state index contributed by atoms with van der Waals surface area (Å²) in [7, 11) is 0. The molecule has 1 aromatic carbocycles. The number of fused-ring (bicyclic) bond motifs is 1. The van der Waals surface area contributed by atoms with Gasteiger partial charge >= 0.3 is 0 Å². The minimum atomic E-state index is -0.231. The summed E-state index contributed by atoms with van der Waals surface area (Å²) >= 11 is 0. The van der Waals surface area contributed by atoms with Crippen molar-refractivity contribution >= 4 is 11.8 Å². The minimum Gasteiger partial charge on any atom is -0.381 e. The number of benzene rings is 1. The first-order chi connectivity index (χ1) is 16.2. The smallest absolute Gasteiger partial charge is 0.234 e. The zero-order valence-electron chi connectivity index (χ0n) is 18.8. The standard InChI is InChI=1S/C24H32N6O3/c31-23(25-13-22-27-21-8-11-33-16-20(21)24(32)28-22)15-29-9-6-19(7-10-29)30-14-18(12-26-30)17-4-2-1-3-5-17/h1-5,12,14,19-22,27H,6-11,13,15-16H2,(H,25,31)(H,28,32). The molecule has 176 valence electrons. The van der Waals surface area contributed by atoms with Gasteiger partial charge in [-0.3, -0.25) is 24.5 Å². The zero-order chi connectivity index (χ0) is 22.6. The van der Waals surface area contributed by atoms with E-state index in [4.69, 9.17) is 4.74 Å². The highest BCUT2D eigenvalue weighted by Crippen LogP contribution is 2.25. The van der Waals surface area contributed by atoms with Crippen molar-refractivity contribution in [2.24, 2.45) is 5.92 Å². The number of amides is 2. The topological polar surface area (TPSA) is 101 Å². The fraction of sp³-hybridized carbons (Fsp3) is 0.542. The highest BCUT2D eigenvalue weighted by molar-refractivity contribution is 5.81. The van der Waals surface area contributed by atoms with Crippen LogP contribution in [0.25, 0.3) is 11.1 Å². The summed E-state index contributed by atoms with van der Waals surface area (Å²) in [6, 6.07) is 10.8. The Kier molecular flexibility index (Phi) is 6.70. The van der Waals surface area contributed by atoms with Crippen molar-refractivity contribution in [3.63, 3.8) is 0 Å². The Morgan fingerprint density at radius 1 is 1.15 bits per heavy atom. The van der Waals surface area contributed by atoms with E-state index in [1.165, 1.54) is 5.56 Å². The predicted molar refractivity (Wildman–Crippen MR) is 123 cm³/mol. The third-order valence-corrected chi connectivity index (χ3v) is 6.94. The van der Waals surface area contributed by atoms with Crippen LogP contribution in [0.15, 0.2) is 42.7 Å². The number of hydrogen-bond donors (Lipinski definition) is 3. The Labute approximate surface area is 193 Å². The molecule has 3 atom stereocenters. The van der Waals surface area contributed by atoms with Crippen LogP contribution in [0.2, 0.25) is 0 Å². The van der Waals surface area contributed by atoms with E-state index in [0.29, 0.717) is 32.3 Å². The maximum atomic E-state index is 12.5. The number of rotatable bonds is 6. The van der Waals surface area contributed by atoms with Gasteiger partial charge in [0, 0.05) is 37.5 Å². The van der Waals surface area contributed by atoms with Crippen LogP contribution < -0.4 is 16.0 Å². The molecule has 3 fully saturated rings. The second-order valence-electron chi connectivity index (χ2n) is 9.19. The van der Waals surface area contributed by atoms with Gasteiger partial charge in [-0.1, -0.05) is 30.3 Å². The maximum Gasteiger partial charge on any atom is 0.234 e. The molecule has 0 bridgehead atoms. The molecule has 3 aliphatic heterocycles. The van der Waals surface area contributed by atoms with Crippen LogP contribution in [0.3, 0.4) is 0 Å². The van der Waals surface area contributed by atoms with Gasteiger partial charge < -0.3 is 15.4 Å². The van der Waals surface area contributed by atoms with E-state index in [9.17, 15) is 9.59 Å². The van der Waals surface area contributed by atoms with E-state index in [1.54, 1.807) is 0 Å². The molecule has 0 aliphatic carbocycles. The SMILES string of the molecule is O=C(CN1CCC(n2cc(-c3ccccc3)cn2)CC1)NCC1NC(=O)C2COCCC2N1. The average molecular weight is 453 g/mol. The molecular weight excluding hydrogens is 420 g/mol. The first kappa shape index (κ1) is 22.1. The number of hydrogen-bond acceptors (Lipinski definition) is 6. The Balaban J connectivity index is 1.05. The lowest BCUT2D eigenvalue weighted by molar-refractivity contribution is -0.135. The maximum absolute atomic E-state index is 12.5. The number of piperidine rings is 1. The molecular formula is C24H32N6O3. The van der Waals surface area contributed by atoms with E-state index in [2.05, 4.69) is 49.0 Å². The Morgan fingerprint density at radius 3 is 2.79 bits per heavy atom. The molecule has 9 nitrogen and oxygen atoms in total. The van der Waals surface area contributed by atoms with Crippen molar-refractivity contribution in [2.45, 2.75) is 37.5 Å². The summed E-state index contributed by atoms with van der Waals surface area (Å²) in [5, 5.41) is 13.9. The molecule has 4 heterocycles. The van der Waals surface area contributed by atoms with Crippen LogP contribution in [-0.2, 0) is 14.3 Å². The summed E-state index contributed by atoms with van der Waals surface area (Å²) in [4.78, 5) is 27.0. The Bertz CT molecular complexity index is 956. The molecule has 5 rings (SSSR count). The van der Waals surface area contributed by atoms with Crippen molar-refractivity contribution < 1.29 is 14.3 Å². The van der Waals surface area contributed by atoms with Crippen LogP contribution in [0, 0.1) is 5.92 Å². The first-order valence-corrected chi connectivity index (χ1v) is 11.9. The number of carbonyl (C=O) groups excluding carboxylic acids is 2. The van der Waals surface area contributed by atoms with Crippen molar-refractivity contribution in [3.05, 3.63) is 42.7 Å². The molecule has 3 aliphatic rings. The molecule has 0 saturated carbocycles. The van der Waals surface area contributed by atoms with Crippen LogP contribution in [0.4, 0.5) is 0 Å². The molecule has 0 spiro atoms. The van der Waals surface area contributed by atoms with Gasteiger partial charge in [0.1, 0.15) is 0 Å². The predicted octanol–water partition coefficient (Wildman–Crippen LogP) is 0.754. The summed E-state index contributed by atoms with van der Waals surface area (Å²) in [6.45, 7) is 3.62. The van der Waals surface area contributed by atoms with E-state index in [1.807, 2.05) is 24.4 Å². The molecule has 2 aromatic rings. The van der Waals surface area contributed by atoms with Crippen LogP contribution in [0.5, 0.6) is 0 Å². The lowest BCUT2D eigenvalue weighted by Gasteiger charge is -2.40. The fourth-order valence-corrected chi connectivity index (χ4v) is 5.02. The minimum absolute atomic E-state index is 0.00816. The summed E-state index contributed by atoms with van der Waals surface area (Å²) in [5.74, 6) is -0.136. The third-order valence-electron chi connectivity index (χ3n) is 6.94. The normalized spacial score (nSPS) is 26.4. The van der Waals surface area contributed by atoms with Gasteiger partial charge in [-0.2, -0.15) is 5.10 Å². The monoisotopic (exact) mass is 452 g/mol. The van der Waals surface area contributed by atoms with E-state index in [0.717, 1.165) is 37.9 Å². The summed E-state index contributed by atoms with van der Waals surface area (Å²) < 4.78 is 7.47. The summed E-state index contributed by atoms with van der Waals surface area (Å²) in [6.07, 6.45) is 6.57. The Hall–Kier alpha value is -2.75. The van der Waals surface area contributed by atoms with Gasteiger partial charge in [0.15, 0.2) is 0 Å². The largest absolute Gasteiger partial charge is 0.381 e. The highest BCUT2D eigenvalue weighted by Gasteiger charge is 2.38. The van der Waals surface area contributed by atoms with Crippen molar-refractivity contribution in [2.75, 3.05) is 39.4 Å². The van der Waals surface area contributed by atoms with Gasteiger partial charge in [-0.05, 0) is 24.8 Å². The van der Waals surface area contributed by atoms with Crippen molar-refractivity contribution in [1.29, 1.82) is 0 Å². The van der Waals surface area contributed by atoms with Gasteiger partial charge in [0.2, 0.25) is 11.8 Å². The van der Waals surface area contributed by atoms with E-state index >= 15 is 0 Å². The van der Waals surface area contributed by atoms with Crippen molar-refractivity contribution in [3.8, 4) is 11.1 Å². The molecule has 3 saturated heterocycles. The van der Waals surface area contributed by atoms with Gasteiger partial charge in [0.25, 0.3) is 0 Å². The second-order valence-corrected chi connectivity index (χ2v) is 9.19. The highest BCUT2D eigenvalue weighted by atomic mass is 16.5. The number of likely N-dealkylation sites (tertiary alicyclic amines) is 1. The van der Waals surface area contributed by atoms with E-state index in [-0.39, 0.29) is 29.9 Å².